The van der Waals surface area contributed by atoms with E-state index in [2.05, 4.69) is 39.7 Å². The average molecular weight is 417 g/mol. The largest absolute Gasteiger partial charge is 0.372 e. The first-order valence-corrected chi connectivity index (χ1v) is 11.0. The van der Waals surface area contributed by atoms with Gasteiger partial charge in [-0.1, -0.05) is 12.1 Å². The minimum absolute atomic E-state index is 0.133. The van der Waals surface area contributed by atoms with Crippen LogP contribution in [0.2, 0.25) is 0 Å². The zero-order valence-corrected chi connectivity index (χ0v) is 17.9. The Balaban J connectivity index is 1.42. The summed E-state index contributed by atoms with van der Waals surface area (Å²) in [5, 5.41) is 8.91. The number of hydrogen-bond acceptors (Lipinski definition) is 6. The number of nitrogens with zero attached hydrogens (tertiary/aromatic N) is 2. The third-order valence-electron chi connectivity index (χ3n) is 5.01. The molecule has 1 saturated heterocycles. The molecule has 0 saturated carbocycles. The number of aromatic nitrogens is 1. The number of carbonyl (C=O) groups is 2. The number of hydrogen-bond donors (Lipinski definition) is 2. The van der Waals surface area contributed by atoms with Crippen molar-refractivity contribution in [3.05, 3.63) is 36.1 Å². The van der Waals surface area contributed by atoms with E-state index in [0.717, 1.165) is 24.7 Å². The molecule has 156 valence electrons. The molecule has 1 atom stereocenters. The predicted molar refractivity (Wildman–Crippen MR) is 117 cm³/mol. The van der Waals surface area contributed by atoms with Crippen molar-refractivity contribution in [1.29, 1.82) is 0 Å². The number of piperidine rings is 1. The number of aryl methyl sites for hydroxylation is 1. The molecular formula is C21H28N4O3S. The minimum Gasteiger partial charge on any atom is -0.372 e. The number of rotatable bonds is 7. The topological polar surface area (TPSA) is 87.5 Å². The molecule has 0 bridgehead atoms. The molecule has 1 aromatic carbocycles. The number of anilines is 3. The summed E-state index contributed by atoms with van der Waals surface area (Å²) in [4.78, 5) is 26.8. The SMILES string of the molecule is Cc1cc(NC(=O)[C@@H](C)SCC(=O)Nc2ccc(N3CCC(C)CC3)cc2)no1. The summed E-state index contributed by atoms with van der Waals surface area (Å²) in [7, 11) is 0. The van der Waals surface area contributed by atoms with Gasteiger partial charge in [0.2, 0.25) is 11.8 Å². The average Bonchev–Trinajstić information content (AvgIpc) is 3.12. The van der Waals surface area contributed by atoms with Gasteiger partial charge in [-0.2, -0.15) is 0 Å². The van der Waals surface area contributed by atoms with E-state index in [1.54, 1.807) is 19.9 Å². The van der Waals surface area contributed by atoms with Gasteiger partial charge in [-0.05, 0) is 56.9 Å². The second-order valence-corrected chi connectivity index (χ2v) is 8.86. The van der Waals surface area contributed by atoms with Gasteiger partial charge in [0.25, 0.3) is 0 Å². The standard InChI is InChI=1S/C21H28N4O3S/c1-14-8-10-25(11-9-14)18-6-4-17(5-7-18)22-20(26)13-29-16(3)21(27)23-19-12-15(2)28-24-19/h4-7,12,14,16H,8-11,13H2,1-3H3,(H,22,26)(H,23,24,27)/t16-/m1/s1. The molecule has 7 nitrogen and oxygen atoms in total. The quantitative estimate of drug-likeness (QED) is 0.711. The second-order valence-electron chi connectivity index (χ2n) is 7.53. The Kier molecular flexibility index (Phi) is 7.19. The maximum absolute atomic E-state index is 12.2. The maximum Gasteiger partial charge on any atom is 0.238 e. The van der Waals surface area contributed by atoms with Crippen LogP contribution < -0.4 is 15.5 Å². The fourth-order valence-corrected chi connectivity index (χ4v) is 3.83. The van der Waals surface area contributed by atoms with Gasteiger partial charge in [-0.3, -0.25) is 9.59 Å². The molecule has 0 spiro atoms. The first-order valence-electron chi connectivity index (χ1n) is 9.91. The molecule has 0 radical (unpaired) electrons. The van der Waals surface area contributed by atoms with Crippen molar-refractivity contribution in [3.63, 3.8) is 0 Å². The van der Waals surface area contributed by atoms with E-state index in [9.17, 15) is 9.59 Å². The van der Waals surface area contributed by atoms with Crippen LogP contribution in [-0.4, -0.2) is 41.1 Å². The number of amides is 2. The lowest BCUT2D eigenvalue weighted by Gasteiger charge is -2.32. The fraction of sp³-hybridized carbons (Fsp3) is 0.476. The van der Waals surface area contributed by atoms with E-state index < -0.39 is 0 Å². The Labute approximate surface area is 175 Å². The van der Waals surface area contributed by atoms with Crippen molar-refractivity contribution in [2.45, 2.75) is 38.9 Å². The molecule has 3 rings (SSSR count). The molecule has 2 aromatic rings. The van der Waals surface area contributed by atoms with E-state index in [-0.39, 0.29) is 22.8 Å². The van der Waals surface area contributed by atoms with Crippen molar-refractivity contribution in [2.24, 2.45) is 5.92 Å². The van der Waals surface area contributed by atoms with Crippen LogP contribution >= 0.6 is 11.8 Å². The second kappa shape index (κ2) is 9.82. The minimum atomic E-state index is -0.387. The van der Waals surface area contributed by atoms with Gasteiger partial charge in [-0.25, -0.2) is 0 Å². The first kappa shape index (κ1) is 21.2. The Bertz CT molecular complexity index is 829. The zero-order chi connectivity index (χ0) is 20.8. The lowest BCUT2D eigenvalue weighted by molar-refractivity contribution is -0.115. The zero-order valence-electron chi connectivity index (χ0n) is 17.1. The van der Waals surface area contributed by atoms with E-state index in [1.165, 1.54) is 30.3 Å². The Morgan fingerprint density at radius 3 is 2.55 bits per heavy atom. The van der Waals surface area contributed by atoms with Gasteiger partial charge in [0.1, 0.15) is 5.76 Å². The molecule has 29 heavy (non-hydrogen) atoms. The van der Waals surface area contributed by atoms with Gasteiger partial charge in [0.05, 0.1) is 11.0 Å². The lowest BCUT2D eigenvalue weighted by Crippen LogP contribution is -2.32. The monoisotopic (exact) mass is 416 g/mol. The van der Waals surface area contributed by atoms with Crippen molar-refractivity contribution < 1.29 is 14.1 Å². The summed E-state index contributed by atoms with van der Waals surface area (Å²) in [5.41, 5.74) is 1.96. The number of nitrogens with one attached hydrogen (secondary N) is 2. The molecule has 0 aliphatic carbocycles. The van der Waals surface area contributed by atoms with Crippen LogP contribution in [0.3, 0.4) is 0 Å². The predicted octanol–water partition coefficient (Wildman–Crippen LogP) is 3.92. The first-order chi connectivity index (χ1) is 13.9. The molecule has 2 amide bonds. The van der Waals surface area contributed by atoms with Gasteiger partial charge < -0.3 is 20.1 Å². The molecule has 1 aliphatic rings. The highest BCUT2D eigenvalue weighted by Gasteiger charge is 2.18. The molecule has 2 N–H and O–H groups in total. The summed E-state index contributed by atoms with van der Waals surface area (Å²) in [5.74, 6) is 1.65. The molecule has 1 aromatic heterocycles. The Morgan fingerprint density at radius 2 is 1.93 bits per heavy atom. The van der Waals surface area contributed by atoms with Gasteiger partial charge in [0, 0.05) is 30.5 Å². The number of carbonyl (C=O) groups excluding carboxylic acids is 2. The normalized spacial score (nSPS) is 15.8. The Hall–Kier alpha value is -2.48. The van der Waals surface area contributed by atoms with Crippen LogP contribution in [0.15, 0.2) is 34.9 Å². The summed E-state index contributed by atoms with van der Waals surface area (Å²) in [6, 6.07) is 9.61. The smallest absolute Gasteiger partial charge is 0.238 e. The van der Waals surface area contributed by atoms with Gasteiger partial charge in [-0.15, -0.1) is 11.8 Å². The molecule has 8 heteroatoms. The van der Waals surface area contributed by atoms with E-state index in [4.69, 9.17) is 4.52 Å². The summed E-state index contributed by atoms with van der Waals surface area (Å²) < 4.78 is 4.92. The van der Waals surface area contributed by atoms with Crippen LogP contribution in [0.1, 0.15) is 32.4 Å². The van der Waals surface area contributed by atoms with Crippen LogP contribution in [0.25, 0.3) is 0 Å². The van der Waals surface area contributed by atoms with Crippen molar-refractivity contribution in [2.75, 3.05) is 34.4 Å². The molecule has 1 aliphatic heterocycles. The van der Waals surface area contributed by atoms with Crippen LogP contribution in [0.4, 0.5) is 17.2 Å². The van der Waals surface area contributed by atoms with Gasteiger partial charge >= 0.3 is 0 Å². The van der Waals surface area contributed by atoms with Crippen molar-refractivity contribution in [1.82, 2.24) is 5.16 Å². The Morgan fingerprint density at radius 1 is 1.24 bits per heavy atom. The molecular weight excluding hydrogens is 388 g/mol. The van der Waals surface area contributed by atoms with E-state index in [0.29, 0.717) is 11.6 Å². The molecule has 0 unspecified atom stereocenters. The highest BCUT2D eigenvalue weighted by atomic mass is 32.2. The van der Waals surface area contributed by atoms with Crippen molar-refractivity contribution >= 4 is 40.8 Å². The lowest BCUT2D eigenvalue weighted by atomic mass is 9.99. The molecule has 2 heterocycles. The van der Waals surface area contributed by atoms with Crippen molar-refractivity contribution in [3.8, 4) is 0 Å². The van der Waals surface area contributed by atoms with Crippen LogP contribution in [0.5, 0.6) is 0 Å². The highest BCUT2D eigenvalue weighted by molar-refractivity contribution is 8.01. The number of benzene rings is 1. The maximum atomic E-state index is 12.2. The van der Waals surface area contributed by atoms with E-state index in [1.807, 2.05) is 12.1 Å². The fourth-order valence-electron chi connectivity index (χ4n) is 3.15. The van der Waals surface area contributed by atoms with Crippen LogP contribution in [-0.2, 0) is 9.59 Å². The van der Waals surface area contributed by atoms with Gasteiger partial charge in [0.15, 0.2) is 5.82 Å². The third-order valence-corrected chi connectivity index (χ3v) is 6.16. The summed E-state index contributed by atoms with van der Waals surface area (Å²) >= 11 is 1.27. The molecule has 1 fully saturated rings. The third kappa shape index (κ3) is 6.25. The summed E-state index contributed by atoms with van der Waals surface area (Å²) in [6.07, 6.45) is 2.44. The van der Waals surface area contributed by atoms with Crippen LogP contribution in [0, 0.1) is 12.8 Å². The highest BCUT2D eigenvalue weighted by Crippen LogP contribution is 2.24. The number of thioether (sulfide) groups is 1. The van der Waals surface area contributed by atoms with E-state index >= 15 is 0 Å². The summed E-state index contributed by atoms with van der Waals surface area (Å²) in [6.45, 7) is 7.97.